The molecule has 2 aromatic rings. The Morgan fingerprint density at radius 3 is 2.56 bits per heavy atom. The Balaban J connectivity index is 2.14. The fourth-order valence-electron chi connectivity index (χ4n) is 1.88. The van der Waals surface area contributed by atoms with Crippen molar-refractivity contribution in [2.75, 3.05) is 0 Å². The average molecular weight is 237 g/mol. The molecule has 0 aromatic heterocycles. The van der Waals surface area contributed by atoms with Crippen molar-refractivity contribution in [3.05, 3.63) is 70.8 Å². The number of rotatable bonds is 3. The van der Waals surface area contributed by atoms with Gasteiger partial charge < -0.3 is 5.11 Å². The number of nitrogens with zero attached hydrogens (tertiary/aromatic N) is 1. The summed E-state index contributed by atoms with van der Waals surface area (Å²) in [4.78, 5) is 0. The minimum absolute atomic E-state index is 0.565. The van der Waals surface area contributed by atoms with Crippen LogP contribution < -0.4 is 0 Å². The molecule has 0 heterocycles. The lowest BCUT2D eigenvalue weighted by Crippen LogP contribution is -2.02. The number of aliphatic hydroxyl groups is 1. The molecule has 2 heteroatoms. The van der Waals surface area contributed by atoms with Crippen LogP contribution in [0.15, 0.2) is 48.5 Å². The Morgan fingerprint density at radius 2 is 1.89 bits per heavy atom. The molecular formula is C16H15NO. The van der Waals surface area contributed by atoms with Crippen LogP contribution in [0.25, 0.3) is 0 Å². The fourth-order valence-corrected chi connectivity index (χ4v) is 1.88. The summed E-state index contributed by atoms with van der Waals surface area (Å²) in [5, 5.41) is 19.0. The second-order valence-electron chi connectivity index (χ2n) is 4.44. The quantitative estimate of drug-likeness (QED) is 0.891. The predicted octanol–water partition coefficient (Wildman–Crippen LogP) is 3.14. The van der Waals surface area contributed by atoms with Crippen LogP contribution in [0.3, 0.4) is 0 Å². The summed E-state index contributed by atoms with van der Waals surface area (Å²) in [5.74, 6) is 0. The van der Waals surface area contributed by atoms with Crippen molar-refractivity contribution >= 4 is 0 Å². The molecule has 0 bridgehead atoms. The number of nitriles is 1. The van der Waals surface area contributed by atoms with Gasteiger partial charge in [-0.25, -0.2) is 0 Å². The van der Waals surface area contributed by atoms with Crippen LogP contribution in [0.2, 0.25) is 0 Å². The molecule has 0 spiro atoms. The van der Waals surface area contributed by atoms with Gasteiger partial charge in [0, 0.05) is 6.42 Å². The maximum absolute atomic E-state index is 10.2. The first kappa shape index (κ1) is 12.3. The fraction of sp³-hybridized carbons (Fsp3) is 0.188. The first-order valence-corrected chi connectivity index (χ1v) is 5.93. The van der Waals surface area contributed by atoms with Gasteiger partial charge in [-0.15, -0.1) is 0 Å². The van der Waals surface area contributed by atoms with Crippen LogP contribution in [-0.4, -0.2) is 5.11 Å². The Labute approximate surface area is 107 Å². The molecule has 0 amide bonds. The van der Waals surface area contributed by atoms with Gasteiger partial charge in [-0.1, -0.05) is 42.0 Å². The predicted molar refractivity (Wildman–Crippen MR) is 71.0 cm³/mol. The summed E-state index contributed by atoms with van der Waals surface area (Å²) in [6, 6.07) is 17.3. The summed E-state index contributed by atoms with van der Waals surface area (Å²) in [5.41, 5.74) is 3.67. The molecule has 1 N–H and O–H groups in total. The van der Waals surface area contributed by atoms with Crippen molar-refractivity contribution in [2.45, 2.75) is 19.4 Å². The molecule has 1 atom stereocenters. The SMILES string of the molecule is Cc1ccc(CC(O)c2cccc(C#N)c2)cc1. The van der Waals surface area contributed by atoms with E-state index in [1.165, 1.54) is 5.56 Å². The van der Waals surface area contributed by atoms with Crippen LogP contribution in [0, 0.1) is 18.3 Å². The molecule has 2 nitrogen and oxygen atoms in total. The van der Waals surface area contributed by atoms with E-state index in [0.717, 1.165) is 11.1 Å². The van der Waals surface area contributed by atoms with Gasteiger partial charge >= 0.3 is 0 Å². The summed E-state index contributed by atoms with van der Waals surface area (Å²) < 4.78 is 0. The Hall–Kier alpha value is -2.11. The van der Waals surface area contributed by atoms with Crippen LogP contribution >= 0.6 is 0 Å². The standard InChI is InChI=1S/C16H15NO/c1-12-5-7-13(8-6-12)10-16(18)15-4-2-3-14(9-15)11-17/h2-9,16,18H,10H2,1H3. The first-order valence-electron chi connectivity index (χ1n) is 5.93. The molecule has 0 radical (unpaired) electrons. The molecule has 1 unspecified atom stereocenters. The maximum atomic E-state index is 10.2. The van der Waals surface area contributed by atoms with Gasteiger partial charge in [0.1, 0.15) is 0 Å². The van der Waals surface area contributed by atoms with Gasteiger partial charge in [-0.3, -0.25) is 0 Å². The zero-order valence-corrected chi connectivity index (χ0v) is 10.3. The van der Waals surface area contributed by atoms with E-state index in [2.05, 4.69) is 6.07 Å². The molecule has 0 aliphatic heterocycles. The molecule has 0 saturated heterocycles. The summed E-state index contributed by atoms with van der Waals surface area (Å²) in [7, 11) is 0. The number of benzene rings is 2. The normalized spacial score (nSPS) is 11.8. The third-order valence-corrected chi connectivity index (χ3v) is 2.95. The van der Waals surface area contributed by atoms with Gasteiger partial charge in [0.2, 0.25) is 0 Å². The highest BCUT2D eigenvalue weighted by molar-refractivity contribution is 5.34. The van der Waals surface area contributed by atoms with Gasteiger partial charge in [-0.2, -0.15) is 5.26 Å². The monoisotopic (exact) mass is 237 g/mol. The van der Waals surface area contributed by atoms with Gasteiger partial charge in [0.25, 0.3) is 0 Å². The van der Waals surface area contributed by atoms with E-state index in [0.29, 0.717) is 12.0 Å². The van der Waals surface area contributed by atoms with Crippen LogP contribution in [0.4, 0.5) is 0 Å². The minimum Gasteiger partial charge on any atom is -0.388 e. The largest absolute Gasteiger partial charge is 0.388 e. The molecule has 0 saturated carbocycles. The molecule has 0 aliphatic carbocycles. The summed E-state index contributed by atoms with van der Waals surface area (Å²) in [6.07, 6.45) is -0.00387. The smallest absolute Gasteiger partial charge is 0.0991 e. The third-order valence-electron chi connectivity index (χ3n) is 2.95. The topological polar surface area (TPSA) is 44.0 Å². The van der Waals surface area contributed by atoms with Gasteiger partial charge in [0.05, 0.1) is 17.7 Å². The highest BCUT2D eigenvalue weighted by atomic mass is 16.3. The van der Waals surface area contributed by atoms with E-state index in [1.807, 2.05) is 37.3 Å². The number of aliphatic hydroxyl groups excluding tert-OH is 1. The van der Waals surface area contributed by atoms with E-state index in [1.54, 1.807) is 18.2 Å². The maximum Gasteiger partial charge on any atom is 0.0991 e. The zero-order chi connectivity index (χ0) is 13.0. The van der Waals surface area contributed by atoms with E-state index >= 15 is 0 Å². The second kappa shape index (κ2) is 5.48. The molecular weight excluding hydrogens is 222 g/mol. The minimum atomic E-state index is -0.569. The van der Waals surface area contributed by atoms with Crippen molar-refractivity contribution in [1.82, 2.24) is 0 Å². The van der Waals surface area contributed by atoms with Gasteiger partial charge in [-0.05, 0) is 30.2 Å². The van der Waals surface area contributed by atoms with E-state index < -0.39 is 6.10 Å². The van der Waals surface area contributed by atoms with Crippen LogP contribution in [0.1, 0.15) is 28.4 Å². The number of aryl methyl sites for hydroxylation is 1. The molecule has 2 rings (SSSR count). The van der Waals surface area contributed by atoms with E-state index in [9.17, 15) is 5.11 Å². The summed E-state index contributed by atoms with van der Waals surface area (Å²) >= 11 is 0. The molecule has 90 valence electrons. The van der Waals surface area contributed by atoms with E-state index in [4.69, 9.17) is 5.26 Å². The molecule has 18 heavy (non-hydrogen) atoms. The van der Waals surface area contributed by atoms with Crippen LogP contribution in [-0.2, 0) is 6.42 Å². The zero-order valence-electron chi connectivity index (χ0n) is 10.3. The van der Waals surface area contributed by atoms with Gasteiger partial charge in [0.15, 0.2) is 0 Å². The lowest BCUT2D eigenvalue weighted by molar-refractivity contribution is 0.178. The Kier molecular flexibility index (Phi) is 3.76. The molecule has 0 fully saturated rings. The lowest BCUT2D eigenvalue weighted by Gasteiger charge is -2.11. The van der Waals surface area contributed by atoms with E-state index in [-0.39, 0.29) is 0 Å². The molecule has 2 aromatic carbocycles. The number of hydrogen-bond acceptors (Lipinski definition) is 2. The average Bonchev–Trinajstić information content (AvgIpc) is 2.41. The summed E-state index contributed by atoms with van der Waals surface area (Å²) in [6.45, 7) is 2.04. The highest BCUT2D eigenvalue weighted by Crippen LogP contribution is 2.19. The van der Waals surface area contributed by atoms with Crippen LogP contribution in [0.5, 0.6) is 0 Å². The van der Waals surface area contributed by atoms with Crippen molar-refractivity contribution in [2.24, 2.45) is 0 Å². The first-order chi connectivity index (χ1) is 8.69. The number of hydrogen-bond donors (Lipinski definition) is 1. The molecule has 0 aliphatic rings. The second-order valence-corrected chi connectivity index (χ2v) is 4.44. The lowest BCUT2D eigenvalue weighted by atomic mass is 9.99. The van der Waals surface area contributed by atoms with Crippen molar-refractivity contribution in [1.29, 1.82) is 5.26 Å². The highest BCUT2D eigenvalue weighted by Gasteiger charge is 2.09. The van der Waals surface area contributed by atoms with Crippen molar-refractivity contribution < 1.29 is 5.11 Å². The Bertz CT molecular complexity index is 566. The van der Waals surface area contributed by atoms with Crippen molar-refractivity contribution in [3.8, 4) is 6.07 Å². The van der Waals surface area contributed by atoms with Crippen molar-refractivity contribution in [3.63, 3.8) is 0 Å². The third kappa shape index (κ3) is 2.97. The Morgan fingerprint density at radius 1 is 1.17 bits per heavy atom.